The molecule has 0 bridgehead atoms. The van der Waals surface area contributed by atoms with Gasteiger partial charge in [-0.05, 0) is 113 Å². The predicted octanol–water partition coefficient (Wildman–Crippen LogP) is 13.8. The summed E-state index contributed by atoms with van der Waals surface area (Å²) in [7, 11) is 0. The fourth-order valence-electron chi connectivity index (χ4n) is 7.22. The molecule has 4 heterocycles. The van der Waals surface area contributed by atoms with Gasteiger partial charge < -0.3 is 19.4 Å². The molecule has 66 heavy (non-hydrogen) atoms. The Kier molecular flexibility index (Phi) is 6.89. The molecular formula is C60H45FIrN3O. The van der Waals surface area contributed by atoms with Crippen LogP contribution in [0.15, 0.2) is 168 Å². The molecule has 4 aromatic heterocycles. The zero-order valence-corrected chi connectivity index (χ0v) is 36.5. The van der Waals surface area contributed by atoms with Crippen LogP contribution in [0.4, 0.5) is 4.39 Å². The Morgan fingerprint density at radius 3 is 1.80 bits per heavy atom. The van der Waals surface area contributed by atoms with Crippen molar-refractivity contribution in [3.05, 3.63) is 233 Å². The maximum absolute atomic E-state index is 16.1. The van der Waals surface area contributed by atoms with Gasteiger partial charge in [-0.15, -0.1) is 89.0 Å². The SMILES string of the molecule is [2H]c1cc2c(oc3c(-c4ccc(C([2H])([2H])C([2H])([2H])c5cc(C([2H])([2H])C([2H])([2H])c6ccc(-c7[c-]cccc7)nc6)cc(C([2H])([2H])C([2H])([2H])c6ccc(-c7[c-]cc8c(c7)C([2H])([2H])C([2H])([2H])C8([2H])[2H])nc6)c5)cn4)[c-]ccc32)c(-c2c([2H])c([2H])c([2H])c([2H])c2[2H])c1F.[Ir+3]. The van der Waals surface area contributed by atoms with Crippen molar-refractivity contribution in [2.45, 2.75) is 57.4 Å². The molecule has 4 nitrogen and oxygen atoms in total. The average Bonchev–Trinajstić information content (AvgIpc) is 1.37. The normalized spacial score (nSPS) is 21.0. The van der Waals surface area contributed by atoms with Crippen LogP contribution in [0.5, 0.6) is 0 Å². The number of pyridine rings is 3. The monoisotopic (exact) mass is 1060 g/mol. The summed E-state index contributed by atoms with van der Waals surface area (Å²) in [5, 5.41) is 0.374. The maximum atomic E-state index is 16.1. The molecule has 6 heteroatoms. The Labute approximate surface area is 432 Å². The van der Waals surface area contributed by atoms with Crippen molar-refractivity contribution in [3.63, 3.8) is 0 Å². The number of rotatable bonds is 13. The molecule has 322 valence electrons. The molecule has 0 spiro atoms. The van der Waals surface area contributed by atoms with E-state index in [4.69, 9.17) is 20.9 Å². The summed E-state index contributed by atoms with van der Waals surface area (Å²) in [4.78, 5) is 13.1. The van der Waals surface area contributed by atoms with Gasteiger partial charge in [-0.25, -0.2) is 4.39 Å². The van der Waals surface area contributed by atoms with Gasteiger partial charge in [0.1, 0.15) is 11.4 Å². The van der Waals surface area contributed by atoms with E-state index >= 15 is 4.39 Å². The minimum Gasteiger partial charge on any atom is -0.500 e. The smallest absolute Gasteiger partial charge is 0.500 e. The molecule has 10 aromatic rings. The average molecular weight is 1060 g/mol. The molecule has 0 amide bonds. The Morgan fingerprint density at radius 1 is 0.576 bits per heavy atom. The first-order chi connectivity index (χ1) is 41.3. The summed E-state index contributed by atoms with van der Waals surface area (Å²) >= 11 is 0. The van der Waals surface area contributed by atoms with E-state index in [9.17, 15) is 16.4 Å². The van der Waals surface area contributed by atoms with Gasteiger partial charge in [0.05, 0.1) is 19.4 Å². The molecule has 0 saturated heterocycles. The maximum Gasteiger partial charge on any atom is 3.00 e. The van der Waals surface area contributed by atoms with Gasteiger partial charge in [0.25, 0.3) is 0 Å². The van der Waals surface area contributed by atoms with Gasteiger partial charge in [0, 0.05) is 48.7 Å². The first-order valence-corrected chi connectivity index (χ1v) is 20.1. The first kappa shape index (κ1) is 23.6. The molecule has 0 radical (unpaired) electrons. The first-order valence-electron chi connectivity index (χ1n) is 32.1. The predicted molar refractivity (Wildman–Crippen MR) is 259 cm³/mol. The van der Waals surface area contributed by atoms with Crippen LogP contribution in [0.1, 0.15) is 83.8 Å². The van der Waals surface area contributed by atoms with E-state index in [0.717, 1.165) is 61.1 Å². The summed E-state index contributed by atoms with van der Waals surface area (Å²) in [5.74, 6) is -1.24. The van der Waals surface area contributed by atoms with E-state index in [1.807, 2.05) is 0 Å². The number of hydrogen-bond acceptors (Lipinski definition) is 4. The molecule has 0 fully saturated rings. The number of furan rings is 1. The van der Waals surface area contributed by atoms with Crippen molar-refractivity contribution in [2.75, 3.05) is 0 Å². The van der Waals surface area contributed by atoms with Crippen molar-refractivity contribution in [1.29, 1.82) is 0 Å². The van der Waals surface area contributed by atoms with Crippen LogP contribution < -0.4 is 0 Å². The molecule has 0 atom stereocenters. The standard InChI is InChI=1S/C60H45FN3O.Ir/c61-54-29-28-52-51-15-8-16-53(59(51)65-60(52)58(54)48-11-5-2-6-12-48)57-32-25-42(39-64-57)19-22-45-34-43(20-17-40-23-30-55(62-37-40)47-9-3-1-4-10-47)33-44(35-45)21-18-41-24-31-56(63-38-41)50-27-26-46-13-7-14-49(46)36-50;/h1-6,8-9,11-12,15,23-26,28-39H,7,13-14,17-22H2;/q-3;+3/i2D,5D,6D,7D2,11D,12D,13D2,14D2,17D2,18D2,19D2,20D2,21D2,22D2,29D;. The second-order valence-corrected chi connectivity index (χ2v) is 14.6. The summed E-state index contributed by atoms with van der Waals surface area (Å²) in [6.45, 7) is 0. The molecule has 0 unspecified atom stereocenters. The summed E-state index contributed by atoms with van der Waals surface area (Å²) in [6.07, 6.45) is -24.8. The van der Waals surface area contributed by atoms with Crippen molar-refractivity contribution in [2.24, 2.45) is 0 Å². The third-order valence-electron chi connectivity index (χ3n) is 10.4. The molecular weight excluding hydrogens is 990 g/mol. The number of halogens is 1. The number of aromatic nitrogens is 3. The van der Waals surface area contributed by atoms with Crippen molar-refractivity contribution in [3.8, 4) is 44.9 Å². The van der Waals surface area contributed by atoms with Crippen LogP contribution in [0, 0.1) is 24.0 Å². The van der Waals surface area contributed by atoms with Crippen LogP contribution in [0.25, 0.3) is 66.8 Å². The molecule has 0 aliphatic heterocycles. The number of benzene rings is 6. The number of aryl methyl sites for hydroxylation is 8. The van der Waals surface area contributed by atoms with E-state index < -0.39 is 138 Å². The molecule has 6 aromatic carbocycles. The largest absolute Gasteiger partial charge is 3.00 e. The van der Waals surface area contributed by atoms with Crippen molar-refractivity contribution < 1.29 is 61.8 Å². The van der Waals surface area contributed by atoms with Gasteiger partial charge in [-0.3, -0.25) is 0 Å². The number of hydrogen-bond donors (Lipinski definition) is 0. The summed E-state index contributed by atoms with van der Waals surface area (Å²) in [6, 6.07) is 27.4. The Balaban J connectivity index is 0.00000891. The number of fused-ring (bicyclic) bond motifs is 4. The van der Waals surface area contributed by atoms with Crippen LogP contribution >= 0.6 is 0 Å². The Hall–Kier alpha value is -6.85. The van der Waals surface area contributed by atoms with Gasteiger partial charge in [0.15, 0.2) is 0 Å². The van der Waals surface area contributed by atoms with Gasteiger partial charge in [-0.1, -0.05) is 109 Å². The van der Waals surface area contributed by atoms with Gasteiger partial charge in [0.2, 0.25) is 0 Å². The van der Waals surface area contributed by atoms with E-state index in [-0.39, 0.29) is 81.2 Å². The zero-order chi connectivity index (χ0) is 64.9. The van der Waals surface area contributed by atoms with Crippen molar-refractivity contribution >= 4 is 21.9 Å². The Bertz CT molecular complexity index is 4480. The summed E-state index contributed by atoms with van der Waals surface area (Å²) < 4.78 is 236. The fourth-order valence-corrected chi connectivity index (χ4v) is 7.22. The zero-order valence-electron chi connectivity index (χ0n) is 58.1. The van der Waals surface area contributed by atoms with Crippen LogP contribution in [0.3, 0.4) is 0 Å². The summed E-state index contributed by atoms with van der Waals surface area (Å²) in [5.41, 5.74) is -4.39. The van der Waals surface area contributed by atoms with Gasteiger partial charge >= 0.3 is 20.1 Å². The molecule has 1 aliphatic carbocycles. The fraction of sp³-hybridized carbons (Fsp3) is 0.150. The minimum absolute atomic E-state index is 0. The van der Waals surface area contributed by atoms with Crippen LogP contribution in [-0.2, 0) is 71.1 Å². The van der Waals surface area contributed by atoms with E-state index in [0.29, 0.717) is 11.3 Å². The quantitative estimate of drug-likeness (QED) is 0.108. The van der Waals surface area contributed by atoms with Crippen molar-refractivity contribution in [1.82, 2.24) is 15.0 Å². The molecule has 11 rings (SSSR count). The second kappa shape index (κ2) is 19.3. The molecule has 0 N–H and O–H groups in total. The van der Waals surface area contributed by atoms with Crippen LogP contribution in [0.2, 0.25) is 0 Å². The molecule has 0 saturated carbocycles. The van der Waals surface area contributed by atoms with E-state index in [1.54, 1.807) is 24.3 Å². The van der Waals surface area contributed by atoms with E-state index in [2.05, 4.69) is 33.2 Å². The third-order valence-corrected chi connectivity index (χ3v) is 10.4. The van der Waals surface area contributed by atoms with E-state index in [1.165, 1.54) is 42.5 Å². The van der Waals surface area contributed by atoms with Gasteiger partial charge in [-0.2, -0.15) is 0 Å². The molecule has 1 aliphatic rings. The Morgan fingerprint density at radius 2 is 1.18 bits per heavy atom. The van der Waals surface area contributed by atoms with Crippen LogP contribution in [-0.4, -0.2) is 15.0 Å². The topological polar surface area (TPSA) is 51.8 Å². The third kappa shape index (κ3) is 9.17. The number of nitrogens with zero attached hydrogens (tertiary/aromatic N) is 3. The minimum atomic E-state index is -3.34. The second-order valence-electron chi connectivity index (χ2n) is 14.6.